The van der Waals surface area contributed by atoms with Crippen LogP contribution in [0, 0.1) is 0 Å². The number of hydrogen-bond donors (Lipinski definition) is 1. The molecule has 4 heteroatoms. The summed E-state index contributed by atoms with van der Waals surface area (Å²) in [5.41, 5.74) is 1.23. The summed E-state index contributed by atoms with van der Waals surface area (Å²) in [6, 6.07) is 7.33. The predicted octanol–water partition coefficient (Wildman–Crippen LogP) is 2.68. The first kappa shape index (κ1) is 14.0. The minimum absolute atomic E-state index is 0.430. The van der Waals surface area contributed by atoms with Crippen LogP contribution in [0.2, 0.25) is 5.02 Å². The summed E-state index contributed by atoms with van der Waals surface area (Å²) in [5.74, 6) is -0.779. The fourth-order valence-electron chi connectivity index (χ4n) is 1.57. The average Bonchev–Trinajstić information content (AvgIpc) is 2.30. The van der Waals surface area contributed by atoms with Gasteiger partial charge in [0, 0.05) is 5.02 Å². The lowest BCUT2D eigenvalue weighted by atomic mass is 10.1. The summed E-state index contributed by atoms with van der Waals surface area (Å²) in [6.07, 6.45) is 1.88. The summed E-state index contributed by atoms with van der Waals surface area (Å²) >= 11 is 5.80. The molecule has 0 aliphatic heterocycles. The van der Waals surface area contributed by atoms with E-state index in [1.165, 1.54) is 5.56 Å². The van der Waals surface area contributed by atoms with Gasteiger partial charge in [-0.15, -0.1) is 0 Å². The molecule has 0 fully saturated rings. The first-order valence-electron chi connectivity index (χ1n) is 5.68. The van der Waals surface area contributed by atoms with Gasteiger partial charge in [-0.1, -0.05) is 23.7 Å². The number of aliphatic carboxylic acids is 1. The van der Waals surface area contributed by atoms with E-state index in [2.05, 4.69) is 0 Å². The summed E-state index contributed by atoms with van der Waals surface area (Å²) in [5, 5.41) is 9.58. The molecule has 0 saturated heterocycles. The molecule has 1 aromatic carbocycles. The summed E-state index contributed by atoms with van der Waals surface area (Å²) in [6.45, 7) is 2.47. The van der Waals surface area contributed by atoms with Crippen LogP contribution in [0.15, 0.2) is 24.3 Å². The Hall–Kier alpha value is -1.06. The molecule has 0 bridgehead atoms. The molecule has 94 valence electrons. The van der Waals surface area contributed by atoms with Crippen LogP contribution in [0.1, 0.15) is 18.9 Å². The number of carbonyl (C=O) groups is 1. The highest BCUT2D eigenvalue weighted by Gasteiger charge is 2.15. The second kappa shape index (κ2) is 6.62. The summed E-state index contributed by atoms with van der Waals surface area (Å²) < 4.78 is 0. The fourth-order valence-corrected chi connectivity index (χ4v) is 1.69. The van der Waals surface area contributed by atoms with Crippen molar-refractivity contribution in [2.24, 2.45) is 0 Å². The van der Waals surface area contributed by atoms with E-state index in [0.29, 0.717) is 0 Å². The maximum atomic E-state index is 10.8. The number of likely N-dealkylation sites (N-methyl/N-ethyl adjacent to an activating group) is 1. The Morgan fingerprint density at radius 2 is 2.00 bits per heavy atom. The van der Waals surface area contributed by atoms with Crippen LogP contribution < -0.4 is 0 Å². The van der Waals surface area contributed by atoms with Crippen LogP contribution in [0.4, 0.5) is 0 Å². The topological polar surface area (TPSA) is 40.5 Å². The molecule has 1 N–H and O–H groups in total. The number of hydrogen-bond acceptors (Lipinski definition) is 2. The van der Waals surface area contributed by atoms with Gasteiger partial charge in [-0.25, -0.2) is 0 Å². The highest BCUT2D eigenvalue weighted by Crippen LogP contribution is 2.11. The number of carboxylic acids is 1. The molecular weight excluding hydrogens is 238 g/mol. The largest absolute Gasteiger partial charge is 0.480 e. The Morgan fingerprint density at radius 1 is 1.41 bits per heavy atom. The van der Waals surface area contributed by atoms with Gasteiger partial charge in [0.15, 0.2) is 0 Å². The van der Waals surface area contributed by atoms with E-state index < -0.39 is 12.0 Å². The second-order valence-electron chi connectivity index (χ2n) is 4.22. The molecular formula is C13H18ClNO2. The Morgan fingerprint density at radius 3 is 2.53 bits per heavy atom. The Labute approximate surface area is 107 Å². The number of halogens is 1. The number of benzene rings is 1. The van der Waals surface area contributed by atoms with Crippen molar-refractivity contribution in [1.82, 2.24) is 4.90 Å². The van der Waals surface area contributed by atoms with Crippen molar-refractivity contribution in [2.45, 2.75) is 25.8 Å². The monoisotopic (exact) mass is 255 g/mol. The lowest BCUT2D eigenvalue weighted by Crippen LogP contribution is -2.36. The van der Waals surface area contributed by atoms with E-state index in [-0.39, 0.29) is 0 Å². The minimum atomic E-state index is -0.779. The molecule has 0 spiro atoms. The first-order valence-corrected chi connectivity index (χ1v) is 6.06. The normalized spacial score (nSPS) is 12.7. The van der Waals surface area contributed by atoms with E-state index >= 15 is 0 Å². The van der Waals surface area contributed by atoms with Gasteiger partial charge in [-0.05, 0) is 51.1 Å². The smallest absolute Gasteiger partial charge is 0.320 e. The zero-order chi connectivity index (χ0) is 12.8. The second-order valence-corrected chi connectivity index (χ2v) is 4.66. The molecule has 1 rings (SSSR count). The van der Waals surface area contributed by atoms with E-state index in [1.54, 1.807) is 6.92 Å². The van der Waals surface area contributed by atoms with Gasteiger partial charge in [0.25, 0.3) is 0 Å². The van der Waals surface area contributed by atoms with Crippen molar-refractivity contribution >= 4 is 17.6 Å². The predicted molar refractivity (Wildman–Crippen MR) is 69.5 cm³/mol. The molecule has 3 nitrogen and oxygen atoms in total. The van der Waals surface area contributed by atoms with Crippen LogP contribution in [0.5, 0.6) is 0 Å². The SMILES string of the molecule is CC(C(=O)O)N(C)CCCc1ccc(Cl)cc1. The lowest BCUT2D eigenvalue weighted by Gasteiger charge is -2.20. The van der Waals surface area contributed by atoms with E-state index in [4.69, 9.17) is 16.7 Å². The van der Waals surface area contributed by atoms with Crippen molar-refractivity contribution < 1.29 is 9.90 Å². The third-order valence-corrected chi connectivity index (χ3v) is 3.16. The molecule has 1 unspecified atom stereocenters. The first-order chi connectivity index (χ1) is 8.00. The molecule has 0 aromatic heterocycles. The van der Waals surface area contributed by atoms with Crippen LogP contribution in [0.25, 0.3) is 0 Å². The average molecular weight is 256 g/mol. The van der Waals surface area contributed by atoms with E-state index in [0.717, 1.165) is 24.4 Å². The van der Waals surface area contributed by atoms with Gasteiger partial charge in [0.1, 0.15) is 6.04 Å². The van der Waals surface area contributed by atoms with Gasteiger partial charge in [-0.2, -0.15) is 0 Å². The zero-order valence-corrected chi connectivity index (χ0v) is 10.9. The number of nitrogens with zero attached hydrogens (tertiary/aromatic N) is 1. The molecule has 1 aromatic rings. The maximum Gasteiger partial charge on any atom is 0.320 e. The van der Waals surface area contributed by atoms with E-state index in [1.807, 2.05) is 36.2 Å². The van der Waals surface area contributed by atoms with Crippen molar-refractivity contribution in [2.75, 3.05) is 13.6 Å². The van der Waals surface area contributed by atoms with Crippen LogP contribution in [-0.4, -0.2) is 35.6 Å². The van der Waals surface area contributed by atoms with E-state index in [9.17, 15) is 4.79 Å². The van der Waals surface area contributed by atoms with Gasteiger partial charge < -0.3 is 5.11 Å². The van der Waals surface area contributed by atoms with Crippen molar-refractivity contribution in [1.29, 1.82) is 0 Å². The highest BCUT2D eigenvalue weighted by atomic mass is 35.5. The number of rotatable bonds is 6. The highest BCUT2D eigenvalue weighted by molar-refractivity contribution is 6.30. The number of aryl methyl sites for hydroxylation is 1. The Bertz CT molecular complexity index is 364. The summed E-state index contributed by atoms with van der Waals surface area (Å²) in [4.78, 5) is 12.6. The molecule has 17 heavy (non-hydrogen) atoms. The lowest BCUT2D eigenvalue weighted by molar-refractivity contribution is -0.142. The molecule has 0 amide bonds. The van der Waals surface area contributed by atoms with Gasteiger partial charge in [0.05, 0.1) is 0 Å². The minimum Gasteiger partial charge on any atom is -0.480 e. The quantitative estimate of drug-likeness (QED) is 0.850. The van der Waals surface area contributed by atoms with Crippen LogP contribution in [0.3, 0.4) is 0 Å². The molecule has 0 aliphatic carbocycles. The van der Waals surface area contributed by atoms with Crippen molar-refractivity contribution in [3.8, 4) is 0 Å². The molecule has 0 aliphatic rings. The molecule has 0 heterocycles. The third-order valence-electron chi connectivity index (χ3n) is 2.91. The fraction of sp³-hybridized carbons (Fsp3) is 0.462. The van der Waals surface area contributed by atoms with Crippen molar-refractivity contribution in [3.05, 3.63) is 34.9 Å². The van der Waals surface area contributed by atoms with Crippen LogP contribution in [-0.2, 0) is 11.2 Å². The maximum absolute atomic E-state index is 10.8. The van der Waals surface area contributed by atoms with Crippen LogP contribution >= 0.6 is 11.6 Å². The Kier molecular flexibility index (Phi) is 5.45. The van der Waals surface area contributed by atoms with Gasteiger partial charge in [-0.3, -0.25) is 9.69 Å². The number of carboxylic acid groups (broad SMARTS) is 1. The van der Waals surface area contributed by atoms with Gasteiger partial charge in [0.2, 0.25) is 0 Å². The zero-order valence-electron chi connectivity index (χ0n) is 10.2. The third kappa shape index (κ3) is 4.75. The van der Waals surface area contributed by atoms with Gasteiger partial charge >= 0.3 is 5.97 Å². The van der Waals surface area contributed by atoms with Crippen molar-refractivity contribution in [3.63, 3.8) is 0 Å². The Balaban J connectivity index is 2.32. The summed E-state index contributed by atoms with van der Waals surface area (Å²) in [7, 11) is 1.83. The standard InChI is InChI=1S/C13H18ClNO2/c1-10(13(16)17)15(2)9-3-4-11-5-7-12(14)8-6-11/h5-8,10H,3-4,9H2,1-2H3,(H,16,17). The molecule has 0 radical (unpaired) electrons. The molecule has 0 saturated carbocycles. The molecule has 1 atom stereocenters.